The number of hydrogen-bond acceptors (Lipinski definition) is 2. The Morgan fingerprint density at radius 3 is 0.795 bits per heavy atom. The van der Waals surface area contributed by atoms with Crippen LogP contribution in [0.25, 0.3) is 0 Å². The fourth-order valence-electron chi connectivity index (χ4n) is 4.97. The van der Waals surface area contributed by atoms with Gasteiger partial charge in [-0.1, -0.05) is 152 Å². The van der Waals surface area contributed by atoms with Gasteiger partial charge in [0.05, 0.1) is 0 Å². The molecule has 0 aliphatic carbocycles. The molecule has 39 heavy (non-hydrogen) atoms. The minimum atomic E-state index is -2.88. The molecule has 5 rings (SSSR count). The van der Waals surface area contributed by atoms with Crippen LogP contribution in [0.5, 0.6) is 0 Å². The van der Waals surface area contributed by atoms with Gasteiger partial charge in [0, 0.05) is 0 Å². The van der Waals surface area contributed by atoms with Gasteiger partial charge in [0.15, 0.2) is 0 Å². The van der Waals surface area contributed by atoms with Crippen molar-refractivity contribution >= 4 is 50.9 Å². The molecule has 5 aromatic carbocycles. The maximum Gasteiger partial charge on any atom is 0.285 e. The Kier molecular flexibility index (Phi) is 9.32. The van der Waals surface area contributed by atoms with E-state index in [0.717, 1.165) is 15.6 Å². The summed E-state index contributed by atoms with van der Waals surface area (Å²) in [5.41, 5.74) is 0. The van der Waals surface area contributed by atoms with Gasteiger partial charge >= 0.3 is 0 Å². The molecule has 0 atom stereocenters. The Morgan fingerprint density at radius 2 is 0.564 bits per heavy atom. The lowest BCUT2D eigenvalue weighted by Gasteiger charge is -2.34. The van der Waals surface area contributed by atoms with Crippen LogP contribution in [0.3, 0.4) is 0 Å². The summed E-state index contributed by atoms with van der Waals surface area (Å²) >= 11 is 0. The highest BCUT2D eigenvalue weighted by atomic mass is 28.4. The van der Waals surface area contributed by atoms with Crippen molar-refractivity contribution in [1.29, 1.82) is 0 Å². The molecule has 0 radical (unpaired) electrons. The zero-order valence-electron chi connectivity index (χ0n) is 23.3. The maximum absolute atomic E-state index is 11.6. The molecule has 5 aromatic rings. The molecule has 0 unspecified atom stereocenters. The second-order valence-electron chi connectivity index (χ2n) is 10.7. The zero-order chi connectivity index (χ0) is 27.8. The first kappa shape index (κ1) is 28.7. The van der Waals surface area contributed by atoms with Gasteiger partial charge in [-0.2, -0.15) is 0 Å². The van der Waals surface area contributed by atoms with E-state index in [2.05, 4.69) is 86.9 Å². The van der Waals surface area contributed by atoms with Gasteiger partial charge in [-0.15, -0.1) is 0 Å². The van der Waals surface area contributed by atoms with Gasteiger partial charge < -0.3 is 8.91 Å². The minimum Gasteiger partial charge on any atom is -0.449 e. The molecule has 1 N–H and O–H groups in total. The van der Waals surface area contributed by atoms with E-state index in [1.54, 1.807) is 0 Å². The molecule has 0 aliphatic rings. The minimum absolute atomic E-state index is 1.01. The first-order valence-corrected chi connectivity index (χ1v) is 21.2. The summed E-state index contributed by atoms with van der Waals surface area (Å²) in [7, 11) is -6.55. The van der Waals surface area contributed by atoms with Crippen molar-refractivity contribution in [2.24, 2.45) is 0 Å². The highest BCUT2D eigenvalue weighted by molar-refractivity contribution is 7.06. The lowest BCUT2D eigenvalue weighted by Crippen LogP contribution is -2.67. The van der Waals surface area contributed by atoms with Crippen LogP contribution in [-0.4, -0.2) is 29.7 Å². The van der Waals surface area contributed by atoms with E-state index in [1.807, 2.05) is 91.0 Å². The summed E-state index contributed by atoms with van der Waals surface area (Å²) in [6, 6.07) is 51.3. The Morgan fingerprint density at radius 1 is 0.359 bits per heavy atom. The molecule has 5 heteroatoms. The smallest absolute Gasteiger partial charge is 0.285 e. The highest BCUT2D eigenvalue weighted by Crippen LogP contribution is 2.15. The van der Waals surface area contributed by atoms with Gasteiger partial charge in [-0.05, 0) is 52.1 Å². The Balaban J connectivity index is 0.000000181. The summed E-state index contributed by atoms with van der Waals surface area (Å²) in [4.78, 5) is 11.6. The Labute approximate surface area is 237 Å². The van der Waals surface area contributed by atoms with Crippen molar-refractivity contribution in [1.82, 2.24) is 0 Å². The van der Waals surface area contributed by atoms with Gasteiger partial charge in [0.1, 0.15) is 0 Å². The van der Waals surface area contributed by atoms with Crippen LogP contribution in [0.4, 0.5) is 0 Å². The number of benzene rings is 5. The highest BCUT2D eigenvalue weighted by Gasteiger charge is 2.38. The van der Waals surface area contributed by atoms with Crippen molar-refractivity contribution in [3.05, 3.63) is 152 Å². The fraction of sp³-hybridized carbons (Fsp3) is 0.118. The van der Waals surface area contributed by atoms with Crippen LogP contribution in [0, 0.1) is 0 Å². The van der Waals surface area contributed by atoms with Crippen molar-refractivity contribution in [3.8, 4) is 0 Å². The van der Waals surface area contributed by atoms with E-state index in [9.17, 15) is 4.80 Å². The largest absolute Gasteiger partial charge is 0.449 e. The average molecular weight is 563 g/mol. The Bertz CT molecular complexity index is 1260. The standard InChI is InChI=1S/C18H16OSi.C16H22OSi2/c19-20(16-10-4-1-5-11-16,17-12-6-2-7-13-17)18-14-8-3-9-15-18;1-18(2,15-11-7-5-8-12-15)17-19(3,4)16-13-9-6-10-14-16/h1-15,19H;5-14H,1-4H3. The number of hydrogen-bond donors (Lipinski definition) is 1. The molecular weight excluding hydrogens is 525 g/mol. The lowest BCUT2D eigenvalue weighted by atomic mass is 10.3. The molecular formula is C34H38O2Si3. The van der Waals surface area contributed by atoms with E-state index in [0.29, 0.717) is 0 Å². The van der Waals surface area contributed by atoms with Crippen LogP contribution in [0.1, 0.15) is 0 Å². The van der Waals surface area contributed by atoms with Crippen LogP contribution in [-0.2, 0) is 4.12 Å². The third-order valence-electron chi connectivity index (χ3n) is 7.02. The summed E-state index contributed by atoms with van der Waals surface area (Å²) in [5.74, 6) is 0. The molecule has 0 spiro atoms. The molecule has 0 heterocycles. The Hall–Kier alpha value is -3.33. The predicted molar refractivity (Wildman–Crippen MR) is 174 cm³/mol. The van der Waals surface area contributed by atoms with Crippen LogP contribution in [0.15, 0.2) is 152 Å². The molecule has 0 bridgehead atoms. The topological polar surface area (TPSA) is 29.5 Å². The molecule has 2 nitrogen and oxygen atoms in total. The second kappa shape index (κ2) is 12.7. The van der Waals surface area contributed by atoms with E-state index in [1.165, 1.54) is 10.4 Å². The van der Waals surface area contributed by atoms with Crippen LogP contribution in [0.2, 0.25) is 26.2 Å². The van der Waals surface area contributed by atoms with Gasteiger partial charge in [0.25, 0.3) is 8.32 Å². The molecule has 0 aliphatic heterocycles. The summed E-state index contributed by atoms with van der Waals surface area (Å²) in [6.45, 7) is 9.17. The first-order chi connectivity index (χ1) is 18.7. The van der Waals surface area contributed by atoms with E-state index in [4.69, 9.17) is 4.12 Å². The van der Waals surface area contributed by atoms with Crippen LogP contribution < -0.4 is 25.9 Å². The van der Waals surface area contributed by atoms with E-state index >= 15 is 0 Å². The van der Waals surface area contributed by atoms with Crippen molar-refractivity contribution in [2.45, 2.75) is 26.2 Å². The van der Waals surface area contributed by atoms with E-state index in [-0.39, 0.29) is 0 Å². The maximum atomic E-state index is 11.6. The van der Waals surface area contributed by atoms with Gasteiger partial charge in [-0.25, -0.2) is 0 Å². The van der Waals surface area contributed by atoms with Gasteiger partial charge in [0.2, 0.25) is 16.6 Å². The van der Waals surface area contributed by atoms with E-state index < -0.39 is 25.0 Å². The van der Waals surface area contributed by atoms with Crippen molar-refractivity contribution < 1.29 is 8.91 Å². The predicted octanol–water partition coefficient (Wildman–Crippen LogP) is 4.87. The molecule has 0 fully saturated rings. The normalized spacial score (nSPS) is 11.8. The summed E-state index contributed by atoms with van der Waals surface area (Å²) in [6.07, 6.45) is 0. The molecule has 198 valence electrons. The van der Waals surface area contributed by atoms with Crippen molar-refractivity contribution in [2.75, 3.05) is 0 Å². The summed E-state index contributed by atoms with van der Waals surface area (Å²) < 4.78 is 6.68. The molecule has 0 saturated heterocycles. The third-order valence-corrected chi connectivity index (χ3v) is 18.1. The van der Waals surface area contributed by atoms with Crippen LogP contribution >= 0.6 is 0 Å². The zero-order valence-corrected chi connectivity index (χ0v) is 26.3. The summed E-state index contributed by atoms with van der Waals surface area (Å²) in [5, 5.41) is 5.77. The first-order valence-electron chi connectivity index (χ1n) is 13.4. The lowest BCUT2D eigenvalue weighted by molar-refractivity contribution is 0.573. The third kappa shape index (κ3) is 7.01. The fourth-order valence-corrected chi connectivity index (χ4v) is 16.0. The molecule has 0 aromatic heterocycles. The SMILES string of the molecule is C[Si](C)(O[Si](C)(C)c1ccccc1)c1ccccc1.O[Si](c1ccccc1)(c1ccccc1)c1ccccc1. The van der Waals surface area contributed by atoms with Crippen molar-refractivity contribution in [3.63, 3.8) is 0 Å². The number of rotatable bonds is 7. The monoisotopic (exact) mass is 562 g/mol. The van der Waals surface area contributed by atoms with Gasteiger partial charge in [-0.3, -0.25) is 0 Å². The quantitative estimate of drug-likeness (QED) is 0.227. The average Bonchev–Trinajstić information content (AvgIpc) is 2.99. The second-order valence-corrected chi connectivity index (χ2v) is 21.8. The molecule has 0 saturated carbocycles. The molecule has 0 amide bonds.